The molecule has 1 saturated heterocycles. The Hall–Kier alpha value is -3.56. The van der Waals surface area contributed by atoms with Gasteiger partial charge in [-0.15, -0.1) is 0 Å². The Labute approximate surface area is 194 Å². The van der Waals surface area contributed by atoms with E-state index in [-0.39, 0.29) is 11.6 Å². The van der Waals surface area contributed by atoms with Crippen LogP contribution in [0.2, 0.25) is 0 Å². The Balaban J connectivity index is 1.75. The zero-order valence-corrected chi connectivity index (χ0v) is 19.2. The number of hydrogen-bond donors (Lipinski definition) is 3. The second-order valence-corrected chi connectivity index (χ2v) is 7.65. The number of ether oxygens (including phenoxy) is 1. The van der Waals surface area contributed by atoms with Gasteiger partial charge < -0.3 is 15.5 Å². The molecule has 0 spiro atoms. The third kappa shape index (κ3) is 8.47. The molecule has 1 aromatic heterocycles. The number of hydrogen-bond acceptors (Lipinski definition) is 7. The number of nitrogens with zero attached hydrogens (tertiary/aromatic N) is 4. The summed E-state index contributed by atoms with van der Waals surface area (Å²) in [6.45, 7) is 11.9. The number of allylic oxidation sites excluding steroid dienone is 1. The van der Waals surface area contributed by atoms with Crippen LogP contribution < -0.4 is 16.2 Å². The lowest BCUT2D eigenvalue weighted by Crippen LogP contribution is -2.41. The highest BCUT2D eigenvalue weighted by molar-refractivity contribution is 5.93. The number of amidine groups is 1. The second kappa shape index (κ2) is 12.5. The molecule has 1 amide bonds. The van der Waals surface area contributed by atoms with Crippen LogP contribution in [0.5, 0.6) is 0 Å². The summed E-state index contributed by atoms with van der Waals surface area (Å²) in [5, 5.41) is 2.94. The fourth-order valence-electron chi connectivity index (χ4n) is 3.08. The Morgan fingerprint density at radius 2 is 1.91 bits per heavy atom. The van der Waals surface area contributed by atoms with Gasteiger partial charge >= 0.3 is 0 Å². The van der Waals surface area contributed by atoms with Gasteiger partial charge in [-0.3, -0.25) is 15.1 Å². The summed E-state index contributed by atoms with van der Waals surface area (Å²) in [5.74, 6) is 1.10. The van der Waals surface area contributed by atoms with Crippen molar-refractivity contribution >= 4 is 29.7 Å². The minimum Gasteiger partial charge on any atom is -0.379 e. The molecule has 2 heterocycles. The van der Waals surface area contributed by atoms with Gasteiger partial charge in [-0.05, 0) is 25.5 Å². The van der Waals surface area contributed by atoms with Crippen molar-refractivity contribution in [2.24, 2.45) is 4.99 Å². The number of hydrazine groups is 1. The number of aliphatic imine (C=N–C) groups is 1. The number of carbonyl (C=O) groups is 1. The van der Waals surface area contributed by atoms with Gasteiger partial charge in [-0.25, -0.2) is 15.0 Å². The summed E-state index contributed by atoms with van der Waals surface area (Å²) in [5.41, 5.74) is 7.85. The van der Waals surface area contributed by atoms with Crippen molar-refractivity contribution in [1.82, 2.24) is 31.0 Å². The monoisotopic (exact) mass is 449 g/mol. The molecule has 0 unspecified atom stereocenters. The van der Waals surface area contributed by atoms with Crippen LogP contribution in [-0.4, -0.2) is 66.0 Å². The number of benzene rings is 1. The third-order valence-corrected chi connectivity index (χ3v) is 4.74. The zero-order chi connectivity index (χ0) is 23.5. The molecule has 0 atom stereocenters. The minimum atomic E-state index is -0.262. The van der Waals surface area contributed by atoms with Crippen molar-refractivity contribution < 1.29 is 9.53 Å². The SMILES string of the molecule is C=C(C)NNC(C)=Nc1cc(C(=O)NCCN2CCOCC2)nc(/C=C/c2ccccc2)n1. The van der Waals surface area contributed by atoms with Crippen molar-refractivity contribution in [2.45, 2.75) is 13.8 Å². The lowest BCUT2D eigenvalue weighted by atomic mass is 10.2. The third-order valence-electron chi connectivity index (χ3n) is 4.74. The molecule has 0 bridgehead atoms. The first kappa shape index (κ1) is 24.1. The van der Waals surface area contributed by atoms with Crippen LogP contribution in [0.25, 0.3) is 12.2 Å². The molecule has 3 rings (SSSR count). The Kier molecular flexibility index (Phi) is 9.10. The van der Waals surface area contributed by atoms with Gasteiger partial charge in [0.15, 0.2) is 11.6 Å². The molecule has 1 aliphatic rings. The average molecular weight is 450 g/mol. The van der Waals surface area contributed by atoms with Gasteiger partial charge in [-0.2, -0.15) is 0 Å². The number of nitrogens with one attached hydrogen (secondary N) is 3. The minimum absolute atomic E-state index is 0.262. The molecule has 1 aromatic carbocycles. The molecule has 2 aromatic rings. The summed E-state index contributed by atoms with van der Waals surface area (Å²) >= 11 is 0. The topological polar surface area (TPSA) is 104 Å². The van der Waals surface area contributed by atoms with Gasteiger partial charge in [-0.1, -0.05) is 43.0 Å². The standard InChI is InChI=1S/C24H31N7O2/c1-18(2)29-30-19(3)26-23-17-21(24(32)25-11-12-31-13-15-33-16-14-31)27-22(28-23)10-9-20-7-5-4-6-8-20/h4-10,17,29H,1,11-16H2,2-3H3,(H,25,32)(H,26,27,28,30)/b10-9+. The van der Waals surface area contributed by atoms with Gasteiger partial charge in [0.1, 0.15) is 11.5 Å². The van der Waals surface area contributed by atoms with Crippen molar-refractivity contribution in [2.75, 3.05) is 39.4 Å². The number of aromatic nitrogens is 2. The van der Waals surface area contributed by atoms with Gasteiger partial charge in [0, 0.05) is 37.9 Å². The second-order valence-electron chi connectivity index (χ2n) is 7.65. The highest BCUT2D eigenvalue weighted by Gasteiger charge is 2.13. The maximum absolute atomic E-state index is 12.8. The quantitative estimate of drug-likeness (QED) is 0.307. The fourth-order valence-corrected chi connectivity index (χ4v) is 3.08. The van der Waals surface area contributed by atoms with Crippen LogP contribution in [0.3, 0.4) is 0 Å². The maximum atomic E-state index is 12.8. The molecule has 1 fully saturated rings. The smallest absolute Gasteiger partial charge is 0.270 e. The molecule has 0 radical (unpaired) electrons. The first-order valence-corrected chi connectivity index (χ1v) is 10.9. The summed E-state index contributed by atoms with van der Waals surface area (Å²) in [6.07, 6.45) is 3.67. The van der Waals surface area contributed by atoms with Crippen molar-refractivity contribution in [3.8, 4) is 0 Å². The van der Waals surface area contributed by atoms with Gasteiger partial charge in [0.25, 0.3) is 5.91 Å². The van der Waals surface area contributed by atoms with E-state index in [2.05, 4.69) is 42.6 Å². The Morgan fingerprint density at radius 3 is 2.64 bits per heavy atom. The van der Waals surface area contributed by atoms with E-state index in [9.17, 15) is 4.79 Å². The molecule has 0 saturated carbocycles. The predicted octanol–water partition coefficient (Wildman–Crippen LogP) is 2.39. The molecule has 9 nitrogen and oxygen atoms in total. The van der Waals surface area contributed by atoms with E-state index in [1.807, 2.05) is 43.3 Å². The molecule has 1 aliphatic heterocycles. The van der Waals surface area contributed by atoms with Crippen molar-refractivity contribution in [3.63, 3.8) is 0 Å². The summed E-state index contributed by atoms with van der Waals surface area (Å²) < 4.78 is 5.36. The number of carbonyl (C=O) groups excluding carboxylic acids is 1. The normalized spacial score (nSPS) is 14.8. The number of rotatable bonds is 9. The van der Waals surface area contributed by atoms with E-state index in [1.54, 1.807) is 19.1 Å². The van der Waals surface area contributed by atoms with E-state index in [1.165, 1.54) is 0 Å². The largest absolute Gasteiger partial charge is 0.379 e. The Morgan fingerprint density at radius 1 is 1.15 bits per heavy atom. The lowest BCUT2D eigenvalue weighted by Gasteiger charge is -2.26. The molecule has 33 heavy (non-hydrogen) atoms. The summed E-state index contributed by atoms with van der Waals surface area (Å²) in [6, 6.07) is 11.4. The van der Waals surface area contributed by atoms with E-state index in [0.717, 1.165) is 44.1 Å². The number of amides is 1. The van der Waals surface area contributed by atoms with Crippen LogP contribution in [0, 0.1) is 0 Å². The lowest BCUT2D eigenvalue weighted by molar-refractivity contribution is 0.0383. The molecule has 174 valence electrons. The summed E-state index contributed by atoms with van der Waals surface area (Å²) in [4.78, 5) is 28.4. The Bertz CT molecular complexity index is 999. The van der Waals surface area contributed by atoms with E-state index >= 15 is 0 Å². The predicted molar refractivity (Wildman–Crippen MR) is 131 cm³/mol. The van der Waals surface area contributed by atoms with Crippen LogP contribution in [0.1, 0.15) is 35.7 Å². The number of morpholine rings is 1. The first-order valence-electron chi connectivity index (χ1n) is 10.9. The van der Waals surface area contributed by atoms with Crippen molar-refractivity contribution in [1.29, 1.82) is 0 Å². The maximum Gasteiger partial charge on any atom is 0.270 e. The zero-order valence-electron chi connectivity index (χ0n) is 19.2. The van der Waals surface area contributed by atoms with Crippen LogP contribution in [-0.2, 0) is 4.74 Å². The highest BCUT2D eigenvalue weighted by Crippen LogP contribution is 2.13. The van der Waals surface area contributed by atoms with Gasteiger partial charge in [0.05, 0.1) is 13.2 Å². The molecule has 9 heteroatoms. The molecule has 0 aliphatic carbocycles. The summed E-state index contributed by atoms with van der Waals surface area (Å²) in [7, 11) is 0. The van der Waals surface area contributed by atoms with Crippen LogP contribution >= 0.6 is 0 Å². The van der Waals surface area contributed by atoms with E-state index < -0.39 is 0 Å². The average Bonchev–Trinajstić information content (AvgIpc) is 2.82. The van der Waals surface area contributed by atoms with Crippen LogP contribution in [0.15, 0.2) is 53.7 Å². The molecular weight excluding hydrogens is 418 g/mol. The fraction of sp³-hybridized carbons (Fsp3) is 0.333. The van der Waals surface area contributed by atoms with Gasteiger partial charge in [0.2, 0.25) is 0 Å². The van der Waals surface area contributed by atoms with Crippen LogP contribution in [0.4, 0.5) is 5.82 Å². The highest BCUT2D eigenvalue weighted by atomic mass is 16.5. The van der Waals surface area contributed by atoms with E-state index in [0.29, 0.717) is 24.0 Å². The molecule has 3 N–H and O–H groups in total. The first-order chi connectivity index (χ1) is 16.0. The van der Waals surface area contributed by atoms with Crippen molar-refractivity contribution in [3.05, 3.63) is 65.8 Å². The van der Waals surface area contributed by atoms with E-state index in [4.69, 9.17) is 4.74 Å². The molecular formula is C24H31N7O2.